The summed E-state index contributed by atoms with van der Waals surface area (Å²) in [6.45, 7) is 1.45. The molecule has 1 aromatic heterocycles. The molecule has 1 aromatic rings. The molecule has 1 saturated carbocycles. The highest BCUT2D eigenvalue weighted by molar-refractivity contribution is 5.91. The number of nitrogens with zero attached hydrogens (tertiary/aromatic N) is 2. The second-order valence-corrected chi connectivity index (χ2v) is 4.04. The van der Waals surface area contributed by atoms with E-state index in [1.165, 1.54) is 17.8 Å². The van der Waals surface area contributed by atoms with Crippen LogP contribution in [0.3, 0.4) is 0 Å². The lowest BCUT2D eigenvalue weighted by molar-refractivity contribution is -0.119. The Balaban J connectivity index is 2.48. The van der Waals surface area contributed by atoms with Gasteiger partial charge in [0.15, 0.2) is 0 Å². The number of Topliss-reactive ketones (excluding diaryl/α,β-unsaturated/α-hetero) is 1. The SMILES string of the molecule is CC(=O)C1(c2cn(C)nc2C(F)F)CC1. The van der Waals surface area contributed by atoms with E-state index in [1.54, 1.807) is 7.05 Å². The Kier molecular flexibility index (Phi) is 2.13. The van der Waals surface area contributed by atoms with Crippen molar-refractivity contribution >= 4 is 5.78 Å². The molecule has 1 aliphatic rings. The highest BCUT2D eigenvalue weighted by atomic mass is 19.3. The van der Waals surface area contributed by atoms with Crippen molar-refractivity contribution < 1.29 is 13.6 Å². The molecule has 0 radical (unpaired) electrons. The first-order valence-electron chi connectivity index (χ1n) is 4.80. The van der Waals surface area contributed by atoms with Crippen LogP contribution >= 0.6 is 0 Å². The van der Waals surface area contributed by atoms with E-state index < -0.39 is 11.8 Å². The molecule has 2 rings (SSSR count). The topological polar surface area (TPSA) is 34.9 Å². The molecule has 5 heteroatoms. The maximum absolute atomic E-state index is 12.7. The molecular formula is C10H12F2N2O. The Morgan fingerprint density at radius 2 is 2.20 bits per heavy atom. The molecule has 0 saturated heterocycles. The van der Waals surface area contributed by atoms with Crippen molar-refractivity contribution in [2.45, 2.75) is 31.6 Å². The zero-order chi connectivity index (χ0) is 11.2. The Bertz CT molecular complexity index is 408. The normalized spacial score (nSPS) is 18.2. The van der Waals surface area contributed by atoms with Gasteiger partial charge in [0, 0.05) is 18.8 Å². The number of hydrogen-bond acceptors (Lipinski definition) is 2. The number of aryl methyl sites for hydroxylation is 1. The number of aromatic nitrogens is 2. The van der Waals surface area contributed by atoms with Gasteiger partial charge in [0.25, 0.3) is 6.43 Å². The van der Waals surface area contributed by atoms with Crippen LogP contribution in [0.5, 0.6) is 0 Å². The maximum Gasteiger partial charge on any atom is 0.282 e. The van der Waals surface area contributed by atoms with Gasteiger partial charge in [-0.2, -0.15) is 5.10 Å². The lowest BCUT2D eigenvalue weighted by Crippen LogP contribution is -2.18. The second-order valence-electron chi connectivity index (χ2n) is 4.04. The average molecular weight is 214 g/mol. The van der Waals surface area contributed by atoms with Crippen molar-refractivity contribution in [1.82, 2.24) is 9.78 Å². The largest absolute Gasteiger partial charge is 0.299 e. The zero-order valence-electron chi connectivity index (χ0n) is 8.63. The van der Waals surface area contributed by atoms with E-state index in [4.69, 9.17) is 0 Å². The van der Waals surface area contributed by atoms with Crippen molar-refractivity contribution in [3.05, 3.63) is 17.5 Å². The van der Waals surface area contributed by atoms with Gasteiger partial charge in [-0.3, -0.25) is 9.48 Å². The van der Waals surface area contributed by atoms with E-state index >= 15 is 0 Å². The number of halogens is 2. The summed E-state index contributed by atoms with van der Waals surface area (Å²) in [6, 6.07) is 0. The van der Waals surface area contributed by atoms with Crippen LogP contribution in [0, 0.1) is 0 Å². The van der Waals surface area contributed by atoms with E-state index in [2.05, 4.69) is 5.10 Å². The third kappa shape index (κ3) is 1.46. The molecule has 0 amide bonds. The van der Waals surface area contributed by atoms with Gasteiger partial charge in [-0.05, 0) is 19.8 Å². The molecule has 0 spiro atoms. The first-order chi connectivity index (χ1) is 6.97. The van der Waals surface area contributed by atoms with Gasteiger partial charge in [-0.25, -0.2) is 8.78 Å². The first-order valence-corrected chi connectivity index (χ1v) is 4.80. The minimum absolute atomic E-state index is 0.0441. The number of ketones is 1. The Morgan fingerprint density at radius 3 is 2.60 bits per heavy atom. The summed E-state index contributed by atoms with van der Waals surface area (Å²) in [5, 5.41) is 3.71. The van der Waals surface area contributed by atoms with E-state index in [9.17, 15) is 13.6 Å². The van der Waals surface area contributed by atoms with Crippen LogP contribution in [-0.4, -0.2) is 15.6 Å². The molecule has 1 aliphatic carbocycles. The molecule has 1 fully saturated rings. The third-order valence-electron chi connectivity index (χ3n) is 3.00. The van der Waals surface area contributed by atoms with Crippen molar-refractivity contribution in [3.63, 3.8) is 0 Å². The van der Waals surface area contributed by atoms with Crippen molar-refractivity contribution in [1.29, 1.82) is 0 Å². The van der Waals surface area contributed by atoms with E-state index in [0.717, 1.165) is 0 Å². The van der Waals surface area contributed by atoms with Gasteiger partial charge in [0.1, 0.15) is 11.5 Å². The lowest BCUT2D eigenvalue weighted by atomic mass is 9.92. The molecule has 3 nitrogen and oxygen atoms in total. The predicted molar refractivity (Wildman–Crippen MR) is 49.8 cm³/mol. The van der Waals surface area contributed by atoms with E-state index in [-0.39, 0.29) is 11.5 Å². The van der Waals surface area contributed by atoms with Crippen LogP contribution in [0.25, 0.3) is 0 Å². The summed E-state index contributed by atoms with van der Waals surface area (Å²) in [5.41, 5.74) is -0.502. The Hall–Kier alpha value is -1.26. The van der Waals surface area contributed by atoms with Crippen LogP contribution in [-0.2, 0) is 17.3 Å². The highest BCUT2D eigenvalue weighted by Gasteiger charge is 2.51. The fourth-order valence-electron chi connectivity index (χ4n) is 1.97. The van der Waals surface area contributed by atoms with Crippen molar-refractivity contribution in [2.75, 3.05) is 0 Å². The van der Waals surface area contributed by atoms with Crippen LogP contribution in [0.4, 0.5) is 8.78 Å². The number of alkyl halides is 2. The molecular weight excluding hydrogens is 202 g/mol. The van der Waals surface area contributed by atoms with Crippen LogP contribution in [0.1, 0.15) is 37.4 Å². The fourth-order valence-corrected chi connectivity index (χ4v) is 1.97. The molecule has 0 N–H and O–H groups in total. The van der Waals surface area contributed by atoms with Crippen molar-refractivity contribution in [3.8, 4) is 0 Å². The molecule has 0 aromatic carbocycles. The first kappa shape index (κ1) is 10.3. The predicted octanol–water partition coefficient (Wildman–Crippen LogP) is 1.98. The van der Waals surface area contributed by atoms with Crippen molar-refractivity contribution in [2.24, 2.45) is 7.05 Å². The Morgan fingerprint density at radius 1 is 1.60 bits per heavy atom. The number of carbonyl (C=O) groups excluding carboxylic acids is 1. The van der Waals surface area contributed by atoms with Gasteiger partial charge < -0.3 is 0 Å². The summed E-state index contributed by atoms with van der Waals surface area (Å²) >= 11 is 0. The van der Waals surface area contributed by atoms with Crippen LogP contribution in [0.2, 0.25) is 0 Å². The summed E-state index contributed by atoms with van der Waals surface area (Å²) in [6.07, 6.45) is 0.246. The minimum atomic E-state index is -2.61. The summed E-state index contributed by atoms with van der Waals surface area (Å²) in [4.78, 5) is 11.4. The summed E-state index contributed by atoms with van der Waals surface area (Å²) in [5.74, 6) is -0.0441. The second kappa shape index (κ2) is 3.12. The molecule has 82 valence electrons. The molecule has 0 bridgehead atoms. The molecule has 1 heterocycles. The fraction of sp³-hybridized carbons (Fsp3) is 0.600. The highest BCUT2D eigenvalue weighted by Crippen LogP contribution is 2.51. The van der Waals surface area contributed by atoms with Gasteiger partial charge >= 0.3 is 0 Å². The monoisotopic (exact) mass is 214 g/mol. The van der Waals surface area contributed by atoms with Gasteiger partial charge in [-0.1, -0.05) is 0 Å². The zero-order valence-corrected chi connectivity index (χ0v) is 8.63. The summed E-state index contributed by atoms with van der Waals surface area (Å²) in [7, 11) is 1.59. The molecule has 0 unspecified atom stereocenters. The number of rotatable bonds is 3. The maximum atomic E-state index is 12.7. The molecule has 0 atom stereocenters. The lowest BCUT2D eigenvalue weighted by Gasteiger charge is -2.10. The van der Waals surface area contributed by atoms with E-state index in [1.807, 2.05) is 0 Å². The molecule has 15 heavy (non-hydrogen) atoms. The number of carbonyl (C=O) groups is 1. The standard InChI is InChI=1S/C10H12F2N2O/c1-6(15)10(3-4-10)7-5-14(2)13-8(7)9(11)12/h5,9H,3-4H2,1-2H3. The van der Waals surface area contributed by atoms with Gasteiger partial charge in [-0.15, -0.1) is 0 Å². The molecule has 0 aliphatic heterocycles. The van der Waals surface area contributed by atoms with Gasteiger partial charge in [0.2, 0.25) is 0 Å². The minimum Gasteiger partial charge on any atom is -0.299 e. The number of hydrogen-bond donors (Lipinski definition) is 0. The van der Waals surface area contributed by atoms with Crippen LogP contribution < -0.4 is 0 Å². The Labute approximate surface area is 86.1 Å². The quantitative estimate of drug-likeness (QED) is 0.771. The van der Waals surface area contributed by atoms with Crippen LogP contribution in [0.15, 0.2) is 6.20 Å². The van der Waals surface area contributed by atoms with Gasteiger partial charge in [0.05, 0.1) is 5.41 Å². The smallest absolute Gasteiger partial charge is 0.282 e. The third-order valence-corrected chi connectivity index (χ3v) is 3.00. The van der Waals surface area contributed by atoms with E-state index in [0.29, 0.717) is 18.4 Å². The average Bonchev–Trinajstić information content (AvgIpc) is 2.85. The summed E-state index contributed by atoms with van der Waals surface area (Å²) < 4.78 is 26.7.